The number of unbranched alkanes of at least 4 members (excludes halogenated alkanes) is 1. The van der Waals surface area contributed by atoms with Crippen molar-refractivity contribution in [1.29, 1.82) is 0 Å². The van der Waals surface area contributed by atoms with Gasteiger partial charge in [0.1, 0.15) is 5.82 Å². The van der Waals surface area contributed by atoms with Crippen LogP contribution in [0.5, 0.6) is 0 Å². The smallest absolute Gasteiger partial charge is 0.408 e. The van der Waals surface area contributed by atoms with Crippen molar-refractivity contribution in [2.45, 2.75) is 63.8 Å². The van der Waals surface area contributed by atoms with Crippen molar-refractivity contribution >= 4 is 11.1 Å². The van der Waals surface area contributed by atoms with Gasteiger partial charge in [-0.15, -0.1) is 0 Å². The Hall–Kier alpha value is -2.40. The highest BCUT2D eigenvalue weighted by molar-refractivity contribution is 5.74. The van der Waals surface area contributed by atoms with E-state index in [0.717, 1.165) is 44.2 Å². The molecular weight excluding hydrogens is 367 g/mol. The minimum absolute atomic E-state index is 0.168. The number of oxazole rings is 1. The van der Waals surface area contributed by atoms with Crippen molar-refractivity contribution in [3.8, 4) is 0 Å². The van der Waals surface area contributed by atoms with Crippen molar-refractivity contribution in [3.05, 3.63) is 69.5 Å². The van der Waals surface area contributed by atoms with Crippen LogP contribution in [0.1, 0.15) is 61.1 Å². The third-order valence-corrected chi connectivity index (χ3v) is 6.21. The molecule has 0 unspecified atom stereocenters. The van der Waals surface area contributed by atoms with Crippen LogP contribution in [0.15, 0.2) is 45.6 Å². The molecule has 1 fully saturated rings. The lowest BCUT2D eigenvalue weighted by atomic mass is 9.80. The molecule has 0 aliphatic heterocycles. The summed E-state index contributed by atoms with van der Waals surface area (Å²) in [6.07, 6.45) is 7.94. The maximum absolute atomic E-state index is 12.9. The summed E-state index contributed by atoms with van der Waals surface area (Å²) < 4.78 is 18.2. The van der Waals surface area contributed by atoms with Crippen LogP contribution < -0.4 is 11.1 Å². The fourth-order valence-electron chi connectivity index (χ4n) is 4.58. The van der Waals surface area contributed by atoms with Crippen LogP contribution in [0, 0.1) is 12.7 Å². The fraction of sp³-hybridized carbons (Fsp3) is 0.458. The Kier molecular flexibility index (Phi) is 6.14. The number of hydrogen-bond donors (Lipinski definition) is 2. The van der Waals surface area contributed by atoms with Gasteiger partial charge in [0.15, 0.2) is 5.58 Å². The van der Waals surface area contributed by atoms with Crippen molar-refractivity contribution in [1.82, 2.24) is 10.3 Å². The first-order valence-corrected chi connectivity index (χ1v) is 10.7. The second-order valence-corrected chi connectivity index (χ2v) is 8.31. The van der Waals surface area contributed by atoms with E-state index >= 15 is 0 Å². The van der Waals surface area contributed by atoms with Crippen LogP contribution >= 0.6 is 0 Å². The molecule has 2 N–H and O–H groups in total. The number of H-pyrrole nitrogens is 1. The lowest BCUT2D eigenvalue weighted by Crippen LogP contribution is -2.33. The predicted octanol–water partition coefficient (Wildman–Crippen LogP) is 5.21. The Morgan fingerprint density at radius 1 is 1.10 bits per heavy atom. The minimum Gasteiger partial charge on any atom is -0.408 e. The Bertz CT molecular complexity index is 998. The molecule has 5 heteroatoms. The summed E-state index contributed by atoms with van der Waals surface area (Å²) >= 11 is 0. The van der Waals surface area contributed by atoms with E-state index in [4.69, 9.17) is 4.42 Å². The monoisotopic (exact) mass is 396 g/mol. The van der Waals surface area contributed by atoms with Gasteiger partial charge in [0.05, 0.1) is 5.52 Å². The molecule has 0 amide bonds. The topological polar surface area (TPSA) is 58.0 Å². The molecule has 3 aromatic rings. The van der Waals surface area contributed by atoms with Gasteiger partial charge in [-0.1, -0.05) is 12.1 Å². The van der Waals surface area contributed by atoms with E-state index in [1.807, 2.05) is 18.2 Å². The second kappa shape index (κ2) is 8.95. The standard InChI is InChI=1S/C24H29FN2O2/c1-16-14-22-23(29-24(28)27-22)15-21(16)18-7-11-20(12-8-18)26-13-3-2-4-17-5-9-19(25)10-6-17/h5-6,9-10,14-15,18,20,26H,2-4,7-8,11-13H2,1H3,(H,27,28). The quantitative estimate of drug-likeness (QED) is 0.539. The van der Waals surface area contributed by atoms with Crippen molar-refractivity contribution in [2.75, 3.05) is 6.54 Å². The summed E-state index contributed by atoms with van der Waals surface area (Å²) in [6.45, 7) is 3.15. The average Bonchev–Trinajstić information content (AvgIpc) is 3.08. The molecule has 1 saturated carbocycles. The number of rotatable bonds is 7. The lowest BCUT2D eigenvalue weighted by molar-refractivity contribution is 0.340. The Morgan fingerprint density at radius 3 is 2.62 bits per heavy atom. The molecule has 1 aliphatic rings. The van der Waals surface area contributed by atoms with E-state index in [9.17, 15) is 9.18 Å². The first-order valence-electron chi connectivity index (χ1n) is 10.7. The van der Waals surface area contributed by atoms with Gasteiger partial charge in [-0.25, -0.2) is 9.18 Å². The van der Waals surface area contributed by atoms with Gasteiger partial charge < -0.3 is 9.73 Å². The maximum atomic E-state index is 12.9. The van der Waals surface area contributed by atoms with E-state index in [1.54, 1.807) is 0 Å². The number of aromatic amines is 1. The number of aryl methyl sites for hydroxylation is 2. The summed E-state index contributed by atoms with van der Waals surface area (Å²) in [6, 6.07) is 11.5. The largest absolute Gasteiger partial charge is 0.417 e. The molecule has 29 heavy (non-hydrogen) atoms. The van der Waals surface area contributed by atoms with Crippen molar-refractivity contribution < 1.29 is 8.81 Å². The summed E-state index contributed by atoms with van der Waals surface area (Å²) in [5, 5.41) is 3.71. The number of nitrogens with one attached hydrogen (secondary N) is 2. The van der Waals surface area contributed by atoms with E-state index in [1.165, 1.54) is 41.7 Å². The Balaban J connectivity index is 1.21. The molecule has 2 aromatic carbocycles. The molecule has 4 rings (SSSR count). The highest BCUT2D eigenvalue weighted by atomic mass is 19.1. The van der Waals surface area contributed by atoms with Gasteiger partial charge in [-0.2, -0.15) is 0 Å². The minimum atomic E-state index is -0.385. The molecule has 0 atom stereocenters. The van der Waals surface area contributed by atoms with E-state index in [2.05, 4.69) is 23.3 Å². The maximum Gasteiger partial charge on any atom is 0.417 e. The van der Waals surface area contributed by atoms with Crippen LogP contribution in [-0.2, 0) is 6.42 Å². The Labute approximate surface area is 170 Å². The molecule has 0 bridgehead atoms. The zero-order valence-corrected chi connectivity index (χ0v) is 17.0. The van der Waals surface area contributed by atoms with Gasteiger partial charge in [-0.05, 0) is 105 Å². The van der Waals surface area contributed by atoms with Crippen LogP contribution in [-0.4, -0.2) is 17.6 Å². The number of aromatic nitrogens is 1. The van der Waals surface area contributed by atoms with Crippen molar-refractivity contribution in [3.63, 3.8) is 0 Å². The zero-order chi connectivity index (χ0) is 20.2. The van der Waals surface area contributed by atoms with Crippen LogP contribution in [0.3, 0.4) is 0 Å². The molecule has 1 aromatic heterocycles. The summed E-state index contributed by atoms with van der Waals surface area (Å²) in [4.78, 5) is 14.2. The van der Waals surface area contributed by atoms with Gasteiger partial charge in [0.2, 0.25) is 0 Å². The van der Waals surface area contributed by atoms with Gasteiger partial charge in [0, 0.05) is 6.04 Å². The number of hydrogen-bond acceptors (Lipinski definition) is 3. The Morgan fingerprint density at radius 2 is 1.86 bits per heavy atom. The number of fused-ring (bicyclic) bond motifs is 1. The predicted molar refractivity (Wildman–Crippen MR) is 114 cm³/mol. The third-order valence-electron chi connectivity index (χ3n) is 6.21. The van der Waals surface area contributed by atoms with Gasteiger partial charge >= 0.3 is 5.76 Å². The number of halogens is 1. The van der Waals surface area contributed by atoms with Crippen molar-refractivity contribution in [2.24, 2.45) is 0 Å². The molecule has 0 saturated heterocycles. The van der Waals surface area contributed by atoms with E-state index in [-0.39, 0.29) is 11.6 Å². The average molecular weight is 397 g/mol. The lowest BCUT2D eigenvalue weighted by Gasteiger charge is -2.30. The van der Waals surface area contributed by atoms with Crippen LogP contribution in [0.2, 0.25) is 0 Å². The number of benzene rings is 2. The van der Waals surface area contributed by atoms with E-state index < -0.39 is 0 Å². The highest BCUT2D eigenvalue weighted by Gasteiger charge is 2.23. The molecule has 0 spiro atoms. The molecule has 0 radical (unpaired) electrons. The molecule has 1 aliphatic carbocycles. The SMILES string of the molecule is Cc1cc2[nH]c(=O)oc2cc1C1CCC(NCCCCc2ccc(F)cc2)CC1. The molecule has 154 valence electrons. The van der Waals surface area contributed by atoms with Gasteiger partial charge in [0.25, 0.3) is 0 Å². The zero-order valence-electron chi connectivity index (χ0n) is 17.0. The molecule has 4 nitrogen and oxygen atoms in total. The molecule has 1 heterocycles. The summed E-state index contributed by atoms with van der Waals surface area (Å²) in [5.74, 6) is -0.0150. The molecular formula is C24H29FN2O2. The third kappa shape index (κ3) is 4.96. The first kappa shape index (κ1) is 19.9. The normalized spacial score (nSPS) is 19.7. The van der Waals surface area contributed by atoms with Crippen LogP contribution in [0.25, 0.3) is 11.1 Å². The highest BCUT2D eigenvalue weighted by Crippen LogP contribution is 2.35. The van der Waals surface area contributed by atoms with Crippen LogP contribution in [0.4, 0.5) is 4.39 Å². The summed E-state index contributed by atoms with van der Waals surface area (Å²) in [5.41, 5.74) is 5.20. The summed E-state index contributed by atoms with van der Waals surface area (Å²) in [7, 11) is 0. The van der Waals surface area contributed by atoms with E-state index in [0.29, 0.717) is 17.5 Å². The second-order valence-electron chi connectivity index (χ2n) is 8.31. The first-order chi connectivity index (χ1) is 14.1. The van der Waals surface area contributed by atoms with Gasteiger partial charge in [-0.3, -0.25) is 4.98 Å². The fourth-order valence-corrected chi connectivity index (χ4v) is 4.58.